The van der Waals surface area contributed by atoms with Gasteiger partial charge in [0.2, 0.25) is 5.91 Å². The van der Waals surface area contributed by atoms with Gasteiger partial charge in [0.1, 0.15) is 0 Å². The van der Waals surface area contributed by atoms with Gasteiger partial charge in [0.05, 0.1) is 12.7 Å². The number of carbonyl (C=O) groups excluding carboxylic acids is 1. The molecule has 1 saturated heterocycles. The summed E-state index contributed by atoms with van der Waals surface area (Å²) in [4.78, 5) is 13.8. The van der Waals surface area contributed by atoms with Gasteiger partial charge < -0.3 is 15.4 Å². The van der Waals surface area contributed by atoms with Crippen LogP contribution < -0.4 is 10.6 Å². The maximum Gasteiger partial charge on any atom is 0.220 e. The molecule has 5 heteroatoms. The summed E-state index contributed by atoms with van der Waals surface area (Å²) in [6, 6.07) is 0. The lowest BCUT2D eigenvalue weighted by Crippen LogP contribution is -2.49. The number of nitrogens with zero attached hydrogens (tertiary/aromatic N) is 1. The van der Waals surface area contributed by atoms with Gasteiger partial charge in [-0.2, -0.15) is 0 Å². The standard InChI is InChI=1S/C13H27N3O2/c1-3-5-13(17)15-10-12-11-16(8-9-18-12)7-6-14-4-2/h12,14H,3-11H2,1-2H3,(H,15,17)/t12-/m0/s1. The molecule has 1 aliphatic rings. The van der Waals surface area contributed by atoms with E-state index >= 15 is 0 Å². The van der Waals surface area contributed by atoms with E-state index in [1.54, 1.807) is 0 Å². The summed E-state index contributed by atoms with van der Waals surface area (Å²) in [5.41, 5.74) is 0. The maximum atomic E-state index is 11.4. The van der Waals surface area contributed by atoms with E-state index < -0.39 is 0 Å². The van der Waals surface area contributed by atoms with Gasteiger partial charge >= 0.3 is 0 Å². The number of carbonyl (C=O) groups is 1. The van der Waals surface area contributed by atoms with Crippen LogP contribution >= 0.6 is 0 Å². The highest BCUT2D eigenvalue weighted by molar-refractivity contribution is 5.75. The Labute approximate surface area is 110 Å². The van der Waals surface area contributed by atoms with Gasteiger partial charge in [0.15, 0.2) is 0 Å². The first kappa shape index (κ1) is 15.4. The molecule has 1 heterocycles. The summed E-state index contributed by atoms with van der Waals surface area (Å²) in [6.07, 6.45) is 1.64. The number of hydrogen-bond donors (Lipinski definition) is 2. The fraction of sp³-hybridized carbons (Fsp3) is 0.923. The molecule has 0 aromatic rings. The molecular weight excluding hydrogens is 230 g/mol. The monoisotopic (exact) mass is 257 g/mol. The van der Waals surface area contributed by atoms with Crippen molar-refractivity contribution in [2.75, 3.05) is 45.9 Å². The van der Waals surface area contributed by atoms with E-state index in [1.165, 1.54) is 0 Å². The normalized spacial score (nSPS) is 20.9. The minimum Gasteiger partial charge on any atom is -0.374 e. The molecule has 106 valence electrons. The first-order valence-corrected chi connectivity index (χ1v) is 7.07. The van der Waals surface area contributed by atoms with Crippen LogP contribution in [0.15, 0.2) is 0 Å². The van der Waals surface area contributed by atoms with Crippen LogP contribution in [0.3, 0.4) is 0 Å². The molecule has 1 rings (SSSR count). The Hall–Kier alpha value is -0.650. The van der Waals surface area contributed by atoms with Gasteiger partial charge in [-0.1, -0.05) is 13.8 Å². The highest BCUT2D eigenvalue weighted by Crippen LogP contribution is 2.03. The molecule has 2 N–H and O–H groups in total. The molecule has 1 amide bonds. The summed E-state index contributed by atoms with van der Waals surface area (Å²) in [5.74, 6) is 0.130. The number of morpholine rings is 1. The molecular formula is C13H27N3O2. The largest absolute Gasteiger partial charge is 0.374 e. The van der Waals surface area contributed by atoms with Crippen LogP contribution in [0, 0.1) is 0 Å². The Balaban J connectivity index is 2.16. The number of amides is 1. The van der Waals surface area contributed by atoms with Crippen molar-refractivity contribution < 1.29 is 9.53 Å². The third-order valence-electron chi connectivity index (χ3n) is 3.08. The maximum absolute atomic E-state index is 11.4. The minimum absolute atomic E-state index is 0.130. The number of ether oxygens (including phenoxy) is 1. The predicted molar refractivity (Wildman–Crippen MR) is 72.6 cm³/mol. The summed E-state index contributed by atoms with van der Waals surface area (Å²) >= 11 is 0. The molecule has 1 fully saturated rings. The molecule has 0 aliphatic carbocycles. The Kier molecular flexibility index (Phi) is 7.96. The average molecular weight is 257 g/mol. The van der Waals surface area contributed by atoms with Gasteiger partial charge in [-0.3, -0.25) is 9.69 Å². The zero-order chi connectivity index (χ0) is 13.2. The first-order valence-electron chi connectivity index (χ1n) is 7.07. The van der Waals surface area contributed by atoms with Crippen LogP contribution in [0.25, 0.3) is 0 Å². The molecule has 0 aromatic heterocycles. The van der Waals surface area contributed by atoms with Gasteiger partial charge in [0.25, 0.3) is 0 Å². The van der Waals surface area contributed by atoms with E-state index in [2.05, 4.69) is 22.5 Å². The van der Waals surface area contributed by atoms with E-state index in [-0.39, 0.29) is 12.0 Å². The highest BCUT2D eigenvalue weighted by atomic mass is 16.5. The quantitative estimate of drug-likeness (QED) is 0.611. The predicted octanol–water partition coefficient (Wildman–Crippen LogP) is 0.213. The third-order valence-corrected chi connectivity index (χ3v) is 3.08. The van der Waals surface area contributed by atoms with Crippen LogP contribution in [0.5, 0.6) is 0 Å². The molecule has 0 spiro atoms. The van der Waals surface area contributed by atoms with Crippen LogP contribution in [0.2, 0.25) is 0 Å². The van der Waals surface area contributed by atoms with Crippen LogP contribution in [-0.2, 0) is 9.53 Å². The fourth-order valence-corrected chi connectivity index (χ4v) is 2.06. The minimum atomic E-state index is 0.130. The number of likely N-dealkylation sites (N-methyl/N-ethyl adjacent to an activating group) is 1. The smallest absolute Gasteiger partial charge is 0.220 e. The first-order chi connectivity index (χ1) is 8.76. The molecule has 1 aliphatic heterocycles. The zero-order valence-corrected chi connectivity index (χ0v) is 11.7. The van der Waals surface area contributed by atoms with E-state index in [0.29, 0.717) is 13.0 Å². The Bertz CT molecular complexity index is 236. The van der Waals surface area contributed by atoms with Crippen LogP contribution in [0.1, 0.15) is 26.7 Å². The van der Waals surface area contributed by atoms with Crippen LogP contribution in [-0.4, -0.2) is 62.8 Å². The second kappa shape index (κ2) is 9.30. The molecule has 0 unspecified atom stereocenters. The third kappa shape index (κ3) is 6.33. The van der Waals surface area contributed by atoms with E-state index in [4.69, 9.17) is 4.74 Å². The number of rotatable bonds is 8. The molecule has 0 saturated carbocycles. The second-order valence-electron chi connectivity index (χ2n) is 4.70. The molecule has 1 atom stereocenters. The highest BCUT2D eigenvalue weighted by Gasteiger charge is 2.20. The summed E-state index contributed by atoms with van der Waals surface area (Å²) in [6.45, 7) is 10.5. The van der Waals surface area contributed by atoms with Crippen molar-refractivity contribution in [3.8, 4) is 0 Å². The molecule has 18 heavy (non-hydrogen) atoms. The van der Waals surface area contributed by atoms with Gasteiger partial charge in [-0.25, -0.2) is 0 Å². The van der Waals surface area contributed by atoms with Gasteiger partial charge in [-0.05, 0) is 13.0 Å². The van der Waals surface area contributed by atoms with Crippen molar-refractivity contribution in [1.29, 1.82) is 0 Å². The fourth-order valence-electron chi connectivity index (χ4n) is 2.06. The summed E-state index contributed by atoms with van der Waals surface area (Å²) in [5, 5.41) is 6.26. The van der Waals surface area contributed by atoms with Crippen molar-refractivity contribution in [2.24, 2.45) is 0 Å². The lowest BCUT2D eigenvalue weighted by atomic mass is 10.2. The number of nitrogens with one attached hydrogen (secondary N) is 2. The van der Waals surface area contributed by atoms with Crippen molar-refractivity contribution in [1.82, 2.24) is 15.5 Å². The van der Waals surface area contributed by atoms with Crippen LogP contribution in [0.4, 0.5) is 0 Å². The molecule has 5 nitrogen and oxygen atoms in total. The van der Waals surface area contributed by atoms with E-state index in [1.807, 2.05) is 6.92 Å². The van der Waals surface area contributed by atoms with E-state index in [0.717, 1.165) is 45.8 Å². The topological polar surface area (TPSA) is 53.6 Å². The van der Waals surface area contributed by atoms with Crippen molar-refractivity contribution >= 4 is 5.91 Å². The zero-order valence-electron chi connectivity index (χ0n) is 11.7. The molecule has 0 aromatic carbocycles. The van der Waals surface area contributed by atoms with Crippen molar-refractivity contribution in [3.05, 3.63) is 0 Å². The SMILES string of the molecule is CCCC(=O)NC[C@H]1CN(CCNCC)CCO1. The summed E-state index contributed by atoms with van der Waals surface area (Å²) in [7, 11) is 0. The molecule has 0 radical (unpaired) electrons. The molecule has 0 bridgehead atoms. The van der Waals surface area contributed by atoms with Crippen molar-refractivity contribution in [2.45, 2.75) is 32.8 Å². The van der Waals surface area contributed by atoms with Gasteiger partial charge in [-0.15, -0.1) is 0 Å². The van der Waals surface area contributed by atoms with Gasteiger partial charge in [0, 0.05) is 39.1 Å². The number of hydrogen-bond acceptors (Lipinski definition) is 4. The Morgan fingerprint density at radius 3 is 3.00 bits per heavy atom. The Morgan fingerprint density at radius 2 is 2.28 bits per heavy atom. The van der Waals surface area contributed by atoms with E-state index in [9.17, 15) is 4.79 Å². The second-order valence-corrected chi connectivity index (χ2v) is 4.70. The lowest BCUT2D eigenvalue weighted by Gasteiger charge is -2.33. The average Bonchev–Trinajstić information content (AvgIpc) is 2.38. The summed E-state index contributed by atoms with van der Waals surface area (Å²) < 4.78 is 5.67. The van der Waals surface area contributed by atoms with Crippen molar-refractivity contribution in [3.63, 3.8) is 0 Å². The lowest BCUT2D eigenvalue weighted by molar-refractivity contribution is -0.122. The Morgan fingerprint density at radius 1 is 1.44 bits per heavy atom.